The number of aromatic nitrogens is 1. The van der Waals surface area contributed by atoms with E-state index in [1.54, 1.807) is 6.26 Å². The van der Waals surface area contributed by atoms with Gasteiger partial charge in [-0.2, -0.15) is 0 Å². The normalized spacial score (nSPS) is 11.8. The molecule has 0 aliphatic carbocycles. The van der Waals surface area contributed by atoms with Gasteiger partial charge in [-0.1, -0.05) is 0 Å². The zero-order chi connectivity index (χ0) is 14.4. The second-order valence-electron chi connectivity index (χ2n) is 3.71. The molecular weight excluding hydrogens is 274 g/mol. The van der Waals surface area contributed by atoms with Crippen LogP contribution in [0.3, 0.4) is 0 Å². The van der Waals surface area contributed by atoms with Crippen molar-refractivity contribution < 1.29 is 19.0 Å². The largest absolute Gasteiger partial charge is 0.477 e. The molecule has 1 rings (SSSR count). The van der Waals surface area contributed by atoms with Crippen molar-refractivity contribution >= 4 is 28.3 Å². The Bertz CT molecular complexity index is 520. The van der Waals surface area contributed by atoms with Crippen LogP contribution in [0.25, 0.3) is 0 Å². The van der Waals surface area contributed by atoms with E-state index in [9.17, 15) is 19.1 Å². The molecule has 104 valence electrons. The van der Waals surface area contributed by atoms with Gasteiger partial charge in [-0.15, -0.1) is 0 Å². The number of pyridine rings is 1. The van der Waals surface area contributed by atoms with E-state index < -0.39 is 32.9 Å². The van der Waals surface area contributed by atoms with Crippen LogP contribution in [0.1, 0.15) is 16.8 Å². The molecule has 0 saturated heterocycles. The number of carbonyl (C=O) groups is 1. The molecule has 1 atom stereocenters. The molecule has 0 fully saturated rings. The Balaban J connectivity index is 2.76. The summed E-state index contributed by atoms with van der Waals surface area (Å²) in [5.74, 6) is -0.622. The van der Waals surface area contributed by atoms with E-state index in [2.05, 4.69) is 10.3 Å². The van der Waals surface area contributed by atoms with Gasteiger partial charge in [0.15, 0.2) is 0 Å². The average molecular weight is 287 g/mol. The van der Waals surface area contributed by atoms with Crippen molar-refractivity contribution in [3.63, 3.8) is 0 Å². The minimum absolute atomic E-state index is 0.241. The summed E-state index contributed by atoms with van der Waals surface area (Å²) in [5, 5.41) is 22.3. The minimum Gasteiger partial charge on any atom is -0.477 e. The van der Waals surface area contributed by atoms with Gasteiger partial charge in [0.2, 0.25) is 0 Å². The summed E-state index contributed by atoms with van der Waals surface area (Å²) in [6, 6.07) is 1.11. The third-order valence-corrected chi connectivity index (χ3v) is 3.09. The molecule has 1 aromatic heterocycles. The van der Waals surface area contributed by atoms with Crippen LogP contribution in [0, 0.1) is 10.1 Å². The summed E-state index contributed by atoms with van der Waals surface area (Å²) in [6.45, 7) is 0.462. The maximum atomic E-state index is 10.9. The first-order chi connectivity index (χ1) is 8.91. The van der Waals surface area contributed by atoms with E-state index in [1.165, 1.54) is 0 Å². The predicted octanol–water partition coefficient (Wildman–Crippen LogP) is 0.868. The standard InChI is InChI=1S/C10H13N3O5S/c1-19(18)4-2-3-11-9-5-7(10(14)15)8(6-12-9)13(16)17/h5-6H,2-4H2,1H3,(H,11,12)(H,14,15). The third-order valence-electron chi connectivity index (χ3n) is 2.22. The van der Waals surface area contributed by atoms with E-state index in [1.807, 2.05) is 0 Å². The Morgan fingerprint density at radius 2 is 2.32 bits per heavy atom. The SMILES string of the molecule is CS(=O)CCCNc1cc(C(=O)O)c([N+](=O)[O-])cn1. The van der Waals surface area contributed by atoms with Crippen molar-refractivity contribution in [1.29, 1.82) is 0 Å². The lowest BCUT2D eigenvalue weighted by atomic mass is 10.2. The maximum absolute atomic E-state index is 10.9. The molecule has 0 radical (unpaired) electrons. The van der Waals surface area contributed by atoms with Gasteiger partial charge in [0.1, 0.15) is 17.6 Å². The van der Waals surface area contributed by atoms with Crippen LogP contribution in [-0.2, 0) is 10.8 Å². The highest BCUT2D eigenvalue weighted by Crippen LogP contribution is 2.20. The molecule has 0 amide bonds. The molecule has 0 aromatic carbocycles. The second kappa shape index (κ2) is 6.78. The average Bonchev–Trinajstić information content (AvgIpc) is 2.33. The number of carboxylic acid groups (broad SMARTS) is 1. The van der Waals surface area contributed by atoms with Crippen molar-refractivity contribution in [3.05, 3.63) is 27.9 Å². The number of nitrogens with zero attached hydrogens (tertiary/aromatic N) is 2. The first kappa shape index (κ1) is 15.0. The van der Waals surface area contributed by atoms with Crippen molar-refractivity contribution in [2.24, 2.45) is 0 Å². The molecule has 1 unspecified atom stereocenters. The molecule has 8 nitrogen and oxygen atoms in total. The molecule has 0 aliphatic heterocycles. The van der Waals surface area contributed by atoms with Crippen LogP contribution >= 0.6 is 0 Å². The highest BCUT2D eigenvalue weighted by molar-refractivity contribution is 7.84. The van der Waals surface area contributed by atoms with Gasteiger partial charge in [0.25, 0.3) is 0 Å². The molecule has 1 heterocycles. The number of nitrogens with one attached hydrogen (secondary N) is 1. The topological polar surface area (TPSA) is 122 Å². The first-order valence-electron chi connectivity index (χ1n) is 5.33. The zero-order valence-corrected chi connectivity index (χ0v) is 11.0. The predicted molar refractivity (Wildman–Crippen MR) is 69.9 cm³/mol. The van der Waals surface area contributed by atoms with Gasteiger partial charge < -0.3 is 10.4 Å². The van der Waals surface area contributed by atoms with Gasteiger partial charge in [-0.05, 0) is 6.42 Å². The summed E-state index contributed by atoms with van der Waals surface area (Å²) < 4.78 is 10.8. The third kappa shape index (κ3) is 4.62. The number of carboxylic acids is 1. The molecule has 1 aromatic rings. The van der Waals surface area contributed by atoms with Crippen molar-refractivity contribution in [2.45, 2.75) is 6.42 Å². The van der Waals surface area contributed by atoms with Crippen LogP contribution in [0.15, 0.2) is 12.3 Å². The van der Waals surface area contributed by atoms with Gasteiger partial charge in [0.05, 0.1) is 4.92 Å². The molecule has 2 N–H and O–H groups in total. The zero-order valence-electron chi connectivity index (χ0n) is 10.2. The van der Waals surface area contributed by atoms with E-state index in [4.69, 9.17) is 5.11 Å². The number of hydrogen-bond donors (Lipinski definition) is 2. The first-order valence-corrected chi connectivity index (χ1v) is 7.06. The Hall–Kier alpha value is -2.03. The number of hydrogen-bond acceptors (Lipinski definition) is 6. The van der Waals surface area contributed by atoms with Crippen LogP contribution < -0.4 is 5.32 Å². The highest BCUT2D eigenvalue weighted by atomic mass is 32.2. The number of anilines is 1. The summed E-state index contributed by atoms with van der Waals surface area (Å²) >= 11 is 0. The monoisotopic (exact) mass is 287 g/mol. The van der Waals surface area contributed by atoms with E-state index in [0.29, 0.717) is 18.7 Å². The fourth-order valence-corrected chi connectivity index (χ4v) is 1.90. The Morgan fingerprint density at radius 1 is 1.63 bits per heavy atom. The summed E-state index contributed by atoms with van der Waals surface area (Å²) in [4.78, 5) is 24.5. The van der Waals surface area contributed by atoms with Crippen LogP contribution in [0.4, 0.5) is 11.5 Å². The molecule has 0 bridgehead atoms. The van der Waals surface area contributed by atoms with Crippen molar-refractivity contribution in [2.75, 3.05) is 23.9 Å². The maximum Gasteiger partial charge on any atom is 0.342 e. The lowest BCUT2D eigenvalue weighted by molar-refractivity contribution is -0.385. The smallest absolute Gasteiger partial charge is 0.342 e. The molecule has 0 aliphatic rings. The lowest BCUT2D eigenvalue weighted by Crippen LogP contribution is -2.09. The highest BCUT2D eigenvalue weighted by Gasteiger charge is 2.20. The van der Waals surface area contributed by atoms with E-state index in [-0.39, 0.29) is 5.82 Å². The van der Waals surface area contributed by atoms with Crippen molar-refractivity contribution in [1.82, 2.24) is 4.98 Å². The quantitative estimate of drug-likeness (QED) is 0.433. The number of aromatic carboxylic acids is 1. The van der Waals surface area contributed by atoms with Crippen LogP contribution in [0.2, 0.25) is 0 Å². The molecule has 9 heteroatoms. The van der Waals surface area contributed by atoms with Gasteiger partial charge in [-0.25, -0.2) is 9.78 Å². The fourth-order valence-electron chi connectivity index (χ4n) is 1.35. The van der Waals surface area contributed by atoms with Crippen molar-refractivity contribution in [3.8, 4) is 0 Å². The lowest BCUT2D eigenvalue weighted by Gasteiger charge is -2.05. The van der Waals surface area contributed by atoms with Crippen LogP contribution in [-0.4, -0.2) is 43.7 Å². The summed E-state index contributed by atoms with van der Waals surface area (Å²) in [5.41, 5.74) is -0.964. The van der Waals surface area contributed by atoms with Gasteiger partial charge in [-0.3, -0.25) is 14.3 Å². The Labute approximate surface area is 111 Å². The van der Waals surface area contributed by atoms with E-state index >= 15 is 0 Å². The molecule has 19 heavy (non-hydrogen) atoms. The van der Waals surface area contributed by atoms with Gasteiger partial charge in [0, 0.05) is 35.4 Å². The number of rotatable bonds is 7. The summed E-state index contributed by atoms with van der Waals surface area (Å²) in [6.07, 6.45) is 3.13. The minimum atomic E-state index is -1.38. The molecule has 0 saturated carbocycles. The Kier molecular flexibility index (Phi) is 5.37. The molecular formula is C10H13N3O5S. The number of nitro groups is 1. The van der Waals surface area contributed by atoms with Crippen LogP contribution in [0.5, 0.6) is 0 Å². The van der Waals surface area contributed by atoms with E-state index in [0.717, 1.165) is 12.3 Å². The Morgan fingerprint density at radius 3 is 2.84 bits per heavy atom. The fraction of sp³-hybridized carbons (Fsp3) is 0.400. The summed E-state index contributed by atoms with van der Waals surface area (Å²) in [7, 11) is -0.889. The van der Waals surface area contributed by atoms with Gasteiger partial charge >= 0.3 is 11.7 Å². The second-order valence-corrected chi connectivity index (χ2v) is 5.26. The molecule has 0 spiro atoms.